The molecule has 2 heterocycles. The number of aliphatic carboxylic acids is 1. The van der Waals surface area contributed by atoms with Crippen molar-refractivity contribution in [2.75, 3.05) is 12.0 Å². The van der Waals surface area contributed by atoms with Crippen molar-refractivity contribution >= 4 is 28.3 Å². The van der Waals surface area contributed by atoms with Crippen LogP contribution in [0.4, 0.5) is 9.52 Å². The Morgan fingerprint density at radius 2 is 1.95 bits per heavy atom. The highest BCUT2D eigenvalue weighted by Gasteiger charge is 2.40. The van der Waals surface area contributed by atoms with Gasteiger partial charge in [-0.25, -0.2) is 14.4 Å². The molecule has 1 aromatic carbocycles. The van der Waals surface area contributed by atoms with Gasteiger partial charge in [0.2, 0.25) is 11.8 Å². The lowest BCUT2D eigenvalue weighted by Crippen LogP contribution is -2.39. The van der Waals surface area contributed by atoms with Crippen molar-refractivity contribution in [1.29, 1.82) is 0 Å². The van der Waals surface area contributed by atoms with Gasteiger partial charge in [0.25, 0.3) is 0 Å². The Balaban J connectivity index is 1.45. The predicted octanol–water partition coefficient (Wildman–Crippen LogP) is 6.19. The molecule has 7 nitrogen and oxygen atoms in total. The number of aromatic nitrogens is 2. The minimum Gasteiger partial charge on any atom is -0.481 e. The number of amides is 1. The van der Waals surface area contributed by atoms with Gasteiger partial charge >= 0.3 is 5.97 Å². The fourth-order valence-corrected chi connectivity index (χ4v) is 6.13. The lowest BCUT2D eigenvalue weighted by Gasteiger charge is -2.26. The molecule has 0 saturated heterocycles. The first-order chi connectivity index (χ1) is 17.9. The summed E-state index contributed by atoms with van der Waals surface area (Å²) in [5, 5.41) is 11.9. The third-order valence-electron chi connectivity index (χ3n) is 7.22. The fraction of sp³-hybridized carbons (Fsp3) is 0.429. The SMILES string of the molecule is COc1ccc(-c2ccc(F)cc2-c2csc(N(C(=O)[C@@H](CC(=O)O)CC3CCCC3)C3CC3)n2)cn1. The molecule has 2 saturated carbocycles. The molecular formula is C28H30FN3O4S. The van der Waals surface area contributed by atoms with Crippen LogP contribution in [0.25, 0.3) is 22.4 Å². The first-order valence-corrected chi connectivity index (χ1v) is 13.6. The highest BCUT2D eigenvalue weighted by molar-refractivity contribution is 7.14. The number of hydrogen-bond donors (Lipinski definition) is 1. The average Bonchev–Trinajstić information content (AvgIpc) is 3.36. The zero-order valence-corrected chi connectivity index (χ0v) is 21.5. The molecule has 0 unspecified atom stereocenters. The van der Waals surface area contributed by atoms with Gasteiger partial charge in [0.15, 0.2) is 5.13 Å². The quantitative estimate of drug-likeness (QED) is 0.341. The van der Waals surface area contributed by atoms with Gasteiger partial charge in [-0.15, -0.1) is 11.3 Å². The first-order valence-electron chi connectivity index (χ1n) is 12.7. The maximum Gasteiger partial charge on any atom is 0.304 e. The molecule has 2 fully saturated rings. The Hall–Kier alpha value is -3.33. The molecule has 1 N–H and O–H groups in total. The van der Waals surface area contributed by atoms with Gasteiger partial charge in [-0.05, 0) is 48.9 Å². The van der Waals surface area contributed by atoms with Gasteiger partial charge in [-0.3, -0.25) is 14.5 Å². The molecular weight excluding hydrogens is 493 g/mol. The number of carbonyl (C=O) groups is 2. The van der Waals surface area contributed by atoms with Crippen molar-refractivity contribution in [2.45, 2.75) is 57.4 Å². The minimum absolute atomic E-state index is 0.0316. The molecule has 2 aliphatic carbocycles. The summed E-state index contributed by atoms with van der Waals surface area (Å²) < 4.78 is 19.5. The summed E-state index contributed by atoms with van der Waals surface area (Å²) in [6.45, 7) is 0. The maximum atomic E-state index is 14.3. The van der Waals surface area contributed by atoms with Gasteiger partial charge in [-0.1, -0.05) is 31.7 Å². The van der Waals surface area contributed by atoms with Crippen molar-refractivity contribution in [2.24, 2.45) is 11.8 Å². The van der Waals surface area contributed by atoms with Crippen LogP contribution >= 0.6 is 11.3 Å². The van der Waals surface area contributed by atoms with Crippen LogP contribution in [0.3, 0.4) is 0 Å². The normalized spacial score (nSPS) is 16.5. The Morgan fingerprint density at radius 1 is 1.16 bits per heavy atom. The molecule has 1 amide bonds. The fourth-order valence-electron chi connectivity index (χ4n) is 5.23. The summed E-state index contributed by atoms with van der Waals surface area (Å²) in [5.41, 5.74) is 2.72. The van der Waals surface area contributed by atoms with Crippen LogP contribution in [0.2, 0.25) is 0 Å². The molecule has 9 heteroatoms. The number of pyridine rings is 1. The molecule has 0 aliphatic heterocycles. The third kappa shape index (κ3) is 5.82. The summed E-state index contributed by atoms with van der Waals surface area (Å²) >= 11 is 1.33. The number of benzene rings is 1. The van der Waals surface area contributed by atoms with E-state index in [4.69, 9.17) is 9.72 Å². The molecule has 37 heavy (non-hydrogen) atoms. The Kier molecular flexibility index (Phi) is 7.50. The number of carboxylic acid groups (broad SMARTS) is 1. The second kappa shape index (κ2) is 11.0. The van der Waals surface area contributed by atoms with E-state index in [0.29, 0.717) is 34.6 Å². The summed E-state index contributed by atoms with van der Waals surface area (Å²) in [6, 6.07) is 8.17. The molecule has 2 aromatic heterocycles. The number of ether oxygens (including phenoxy) is 1. The van der Waals surface area contributed by atoms with E-state index in [0.717, 1.165) is 49.7 Å². The molecule has 2 aliphatic rings. The summed E-state index contributed by atoms with van der Waals surface area (Å²) in [5.74, 6) is -1.18. The second-order valence-electron chi connectivity index (χ2n) is 9.91. The van der Waals surface area contributed by atoms with Crippen LogP contribution in [0.1, 0.15) is 51.4 Å². The molecule has 5 rings (SSSR count). The lowest BCUT2D eigenvalue weighted by molar-refractivity contribution is -0.141. The molecule has 0 radical (unpaired) electrons. The minimum atomic E-state index is -0.954. The Morgan fingerprint density at radius 3 is 2.59 bits per heavy atom. The zero-order valence-electron chi connectivity index (χ0n) is 20.7. The van der Waals surface area contributed by atoms with Crippen molar-refractivity contribution in [3.8, 4) is 28.3 Å². The highest BCUT2D eigenvalue weighted by Crippen LogP contribution is 2.41. The van der Waals surface area contributed by atoms with E-state index >= 15 is 0 Å². The standard InChI is InChI=1S/C28H30FN3O4S/c1-36-25-11-6-18(15-30-25)22-10-7-20(29)14-23(22)24-16-37-28(31-24)32(21-8-9-21)27(35)19(13-26(33)34)12-17-4-2-3-5-17/h6-7,10-11,14-17,19,21H,2-5,8-9,12-13H2,1H3,(H,33,34)/t19-/m1/s1. The molecule has 3 aromatic rings. The number of methoxy groups -OCH3 is 1. The van der Waals surface area contributed by atoms with Gasteiger partial charge in [0.05, 0.1) is 19.2 Å². The number of rotatable bonds is 10. The van der Waals surface area contributed by atoms with E-state index in [1.54, 1.807) is 30.3 Å². The summed E-state index contributed by atoms with van der Waals surface area (Å²) in [4.78, 5) is 36.1. The van der Waals surface area contributed by atoms with Crippen molar-refractivity contribution < 1.29 is 23.8 Å². The predicted molar refractivity (Wildman–Crippen MR) is 140 cm³/mol. The largest absolute Gasteiger partial charge is 0.481 e. The van der Waals surface area contributed by atoms with E-state index in [1.807, 2.05) is 11.4 Å². The highest BCUT2D eigenvalue weighted by atomic mass is 32.1. The number of halogens is 1. The van der Waals surface area contributed by atoms with Crippen molar-refractivity contribution in [1.82, 2.24) is 9.97 Å². The van der Waals surface area contributed by atoms with E-state index in [1.165, 1.54) is 23.5 Å². The topological polar surface area (TPSA) is 92.6 Å². The zero-order chi connectivity index (χ0) is 25.9. The van der Waals surface area contributed by atoms with Crippen LogP contribution in [0.15, 0.2) is 41.9 Å². The van der Waals surface area contributed by atoms with Gasteiger partial charge in [0, 0.05) is 40.7 Å². The lowest BCUT2D eigenvalue weighted by atomic mass is 9.90. The molecule has 0 spiro atoms. The molecule has 1 atom stereocenters. The average molecular weight is 524 g/mol. The van der Waals surface area contributed by atoms with Crippen LogP contribution < -0.4 is 9.64 Å². The second-order valence-corrected chi connectivity index (χ2v) is 10.8. The molecule has 0 bridgehead atoms. The third-order valence-corrected chi connectivity index (χ3v) is 8.06. The summed E-state index contributed by atoms with van der Waals surface area (Å²) in [7, 11) is 1.55. The van der Waals surface area contributed by atoms with Gasteiger partial charge in [0.1, 0.15) is 5.82 Å². The summed E-state index contributed by atoms with van der Waals surface area (Å²) in [6.07, 6.45) is 8.22. The van der Waals surface area contributed by atoms with E-state index in [9.17, 15) is 19.1 Å². The van der Waals surface area contributed by atoms with Crippen molar-refractivity contribution in [3.63, 3.8) is 0 Å². The monoisotopic (exact) mass is 523 g/mol. The number of nitrogens with zero attached hydrogens (tertiary/aromatic N) is 3. The maximum absolute atomic E-state index is 14.3. The van der Waals surface area contributed by atoms with Gasteiger partial charge in [-0.2, -0.15) is 0 Å². The van der Waals surface area contributed by atoms with Crippen LogP contribution in [0, 0.1) is 17.7 Å². The number of hydrogen-bond acceptors (Lipinski definition) is 6. The number of thiazole rings is 1. The van der Waals surface area contributed by atoms with Gasteiger partial charge < -0.3 is 9.84 Å². The van der Waals surface area contributed by atoms with E-state index in [-0.39, 0.29) is 24.2 Å². The molecule has 194 valence electrons. The number of anilines is 1. The van der Waals surface area contributed by atoms with E-state index in [2.05, 4.69) is 4.98 Å². The van der Waals surface area contributed by atoms with Crippen molar-refractivity contribution in [3.05, 3.63) is 47.7 Å². The first kappa shape index (κ1) is 25.3. The smallest absolute Gasteiger partial charge is 0.304 e. The van der Waals surface area contributed by atoms with Crippen LogP contribution in [0.5, 0.6) is 5.88 Å². The van der Waals surface area contributed by atoms with Crippen LogP contribution in [-0.4, -0.2) is 40.1 Å². The number of carbonyl (C=O) groups excluding carboxylic acids is 1. The Bertz CT molecular complexity index is 1270. The number of carboxylic acids is 1. The Labute approximate surface area is 219 Å². The van der Waals surface area contributed by atoms with E-state index < -0.39 is 11.9 Å². The van der Waals surface area contributed by atoms with Crippen LogP contribution in [-0.2, 0) is 9.59 Å².